The number of methoxy groups -OCH3 is 5. The molecule has 0 amide bonds. The van der Waals surface area contributed by atoms with Crippen LogP contribution >= 0.6 is 0 Å². The topological polar surface area (TPSA) is 177 Å². The third kappa shape index (κ3) is 16.2. The van der Waals surface area contributed by atoms with Crippen LogP contribution in [0.25, 0.3) is 0 Å². The molecule has 8 rings (SSSR count). The van der Waals surface area contributed by atoms with Gasteiger partial charge < -0.3 is 0 Å². The van der Waals surface area contributed by atoms with Crippen molar-refractivity contribution in [3.63, 3.8) is 0 Å². The Kier molecular flexibility index (Phi) is 21.0. The molecule has 6 aromatic carbocycles. The van der Waals surface area contributed by atoms with Crippen molar-refractivity contribution < 1.29 is 74.0 Å². The number of hydrogen-bond donors (Lipinski definition) is 0. The average Bonchev–Trinajstić information content (AvgIpc) is 3.79. The van der Waals surface area contributed by atoms with Crippen LogP contribution in [0, 0.1) is 0 Å². The van der Waals surface area contributed by atoms with Crippen LogP contribution in [0.1, 0.15) is 39.7 Å². The van der Waals surface area contributed by atoms with Gasteiger partial charge in [0.15, 0.2) is 0 Å². The fourth-order valence-corrected chi connectivity index (χ4v) is 15.7. The van der Waals surface area contributed by atoms with E-state index in [0.717, 1.165) is 45.1 Å². The molecule has 0 spiro atoms. The summed E-state index contributed by atoms with van der Waals surface area (Å²) < 4.78 is 120. The molecular weight excluding hydrogens is 1060 g/mol. The Balaban J connectivity index is 1.17. The summed E-state index contributed by atoms with van der Waals surface area (Å²) in [6.45, 7) is 1.16. The minimum absolute atomic E-state index is 0.0163. The Morgan fingerprint density at radius 2 is 0.987 bits per heavy atom. The molecule has 2 unspecified atom stereocenters. The maximum atomic E-state index is 13.2. The van der Waals surface area contributed by atoms with Crippen molar-refractivity contribution >= 4 is 24.3 Å². The summed E-state index contributed by atoms with van der Waals surface area (Å²) in [5.74, 6) is 3.49. The summed E-state index contributed by atoms with van der Waals surface area (Å²) in [7, 11) is 2.62. The van der Waals surface area contributed by atoms with E-state index in [1.807, 2.05) is 152 Å². The van der Waals surface area contributed by atoms with E-state index in [0.29, 0.717) is 29.0 Å². The third-order valence-electron chi connectivity index (χ3n) is 13.1. The zero-order valence-corrected chi connectivity index (χ0v) is 45.8. The Morgan fingerprint density at radius 3 is 1.45 bits per heavy atom. The van der Waals surface area contributed by atoms with Crippen LogP contribution in [0.3, 0.4) is 0 Å². The average molecular weight is 1130 g/mol. The van der Waals surface area contributed by atoms with Crippen molar-refractivity contribution in [1.29, 1.82) is 0 Å². The van der Waals surface area contributed by atoms with Crippen LogP contribution in [0.2, 0.25) is 15.5 Å². The molecule has 9 atom stereocenters. The van der Waals surface area contributed by atoms with Crippen LogP contribution in [-0.4, -0.2) is 112 Å². The first kappa shape index (κ1) is 56.6. The van der Waals surface area contributed by atoms with Gasteiger partial charge in [-0.2, -0.15) is 0 Å². The van der Waals surface area contributed by atoms with Crippen molar-refractivity contribution in [1.82, 2.24) is 0 Å². The van der Waals surface area contributed by atoms with Gasteiger partial charge in [0.1, 0.15) is 0 Å². The molecule has 0 aromatic heterocycles. The molecule has 406 valence electrons. The molecule has 0 N–H and O–H groups in total. The number of hydrogen-bond acceptors (Lipinski definition) is 16. The first-order valence-electron chi connectivity index (χ1n) is 24.8. The maximum absolute atomic E-state index is 13.2. The van der Waals surface area contributed by atoms with E-state index in [2.05, 4.69) is 0 Å². The van der Waals surface area contributed by atoms with Crippen LogP contribution in [-0.2, 0) is 80.8 Å². The van der Waals surface area contributed by atoms with Gasteiger partial charge in [0, 0.05) is 0 Å². The fraction of sp³-hybridized carbons (Fsp3) is 0.379. The summed E-state index contributed by atoms with van der Waals surface area (Å²) in [5.41, 5.74) is 5.05. The van der Waals surface area contributed by atoms with E-state index in [1.165, 1.54) is 0 Å². The number of benzene rings is 6. The van der Waals surface area contributed by atoms with Crippen molar-refractivity contribution in [2.45, 2.75) is 91.4 Å². The van der Waals surface area contributed by atoms with Crippen LogP contribution in [0.5, 0.6) is 28.7 Å². The van der Waals surface area contributed by atoms with Gasteiger partial charge in [0.2, 0.25) is 0 Å². The molecule has 0 radical (unpaired) electrons. The Hall–Kier alpha value is -5.57. The third-order valence-corrected chi connectivity index (χ3v) is 19.4. The van der Waals surface area contributed by atoms with Gasteiger partial charge >= 0.3 is 445 Å². The summed E-state index contributed by atoms with van der Waals surface area (Å²) in [5, 5.41) is 0.817. The van der Waals surface area contributed by atoms with Crippen molar-refractivity contribution in [3.05, 3.63) is 185 Å². The molecular formula is C58H66O16SSe. The standard InChI is InChI=1S/C58H66O16SSe/c1-62-46-21-11-40(12-22-46)31-67-37-54-55(71-35-44-19-29-50(66-5)30-20-44)52(69-33-42-15-25-48(64-3)26-16-42)38-76(54)39-53(70-34-43-17-27-49(65-4)28-18-43)57(74-75(59,60)61)56-51(68-32-41-13-23-47(63-2)24-14-41)36-72-58(73-56)45-9-7-6-8-10-45/h6-30,51-58H,31-39H2,1-5H3/t51-,52-,53-,54-,55+,56-,57-,58?,76?/m1/s1. The second-order valence-electron chi connectivity index (χ2n) is 18.1. The number of rotatable bonds is 28. The van der Waals surface area contributed by atoms with Crippen LogP contribution < -0.4 is 23.7 Å². The molecule has 0 aliphatic carbocycles. The molecule has 76 heavy (non-hydrogen) atoms. The predicted octanol–water partition coefficient (Wildman–Crippen LogP) is 9.43. The molecule has 2 aliphatic rings. The molecule has 2 saturated heterocycles. The quantitative estimate of drug-likeness (QED) is 0.0258. The van der Waals surface area contributed by atoms with Crippen LogP contribution in [0.15, 0.2) is 152 Å². The van der Waals surface area contributed by atoms with Gasteiger partial charge in [0.25, 0.3) is 0 Å². The molecule has 6 aromatic rings. The molecule has 0 saturated carbocycles. The van der Waals surface area contributed by atoms with E-state index in [9.17, 15) is 13.0 Å². The first-order valence-corrected chi connectivity index (χ1v) is 29.6. The van der Waals surface area contributed by atoms with Gasteiger partial charge in [0.05, 0.1) is 7.11 Å². The SMILES string of the molecule is COc1ccc(COC[C@@H]2[C@@H](OCc3ccc(OC)cc3)[C@H](OCc3ccc(OC)cc3)C[Se+]2C[C@@H](OCc2ccc(OC)cc2)[C@@H](OS(=O)(=O)[O-])[C@@H]2OC(c3ccccc3)OC[C@H]2OCc2ccc(OC)cc2)cc1. The summed E-state index contributed by atoms with van der Waals surface area (Å²) in [6.07, 6.45) is -6.64. The summed E-state index contributed by atoms with van der Waals surface area (Å²) >= 11 is -2.17. The molecule has 18 heteroatoms. The zero-order valence-electron chi connectivity index (χ0n) is 43.3. The Bertz CT molecular complexity index is 2750. The summed E-state index contributed by atoms with van der Waals surface area (Å²) in [4.78, 5) is -0.247. The molecule has 0 bridgehead atoms. The predicted molar refractivity (Wildman–Crippen MR) is 283 cm³/mol. The monoisotopic (exact) mass is 1130 g/mol. The Morgan fingerprint density at radius 1 is 0.553 bits per heavy atom. The molecule has 2 heterocycles. The van der Waals surface area contributed by atoms with Gasteiger partial charge in [-0.25, -0.2) is 0 Å². The second-order valence-corrected chi connectivity index (χ2v) is 24.1. The van der Waals surface area contributed by atoms with Gasteiger partial charge in [-0.3, -0.25) is 0 Å². The summed E-state index contributed by atoms with van der Waals surface area (Å²) in [6, 6.07) is 47.1. The van der Waals surface area contributed by atoms with E-state index < -0.39 is 67.2 Å². The molecule has 16 nitrogen and oxygen atoms in total. The molecule has 2 aliphatic heterocycles. The van der Waals surface area contributed by atoms with Crippen molar-refractivity contribution in [2.75, 3.05) is 48.8 Å². The van der Waals surface area contributed by atoms with Gasteiger partial charge in [-0.1, -0.05) is 0 Å². The van der Waals surface area contributed by atoms with Gasteiger partial charge in [-0.05, 0) is 0 Å². The van der Waals surface area contributed by atoms with Crippen molar-refractivity contribution in [3.8, 4) is 28.7 Å². The second kappa shape index (κ2) is 28.2. The van der Waals surface area contributed by atoms with E-state index in [1.54, 1.807) is 35.5 Å². The fourth-order valence-electron chi connectivity index (χ4n) is 8.98. The molecule has 2 fully saturated rings. The van der Waals surface area contributed by atoms with E-state index >= 15 is 0 Å². The van der Waals surface area contributed by atoms with E-state index in [-0.39, 0.29) is 49.8 Å². The van der Waals surface area contributed by atoms with Gasteiger partial charge in [-0.15, -0.1) is 0 Å². The zero-order chi connectivity index (χ0) is 53.3. The van der Waals surface area contributed by atoms with E-state index in [4.69, 9.17) is 61.0 Å². The van der Waals surface area contributed by atoms with Crippen LogP contribution in [0.4, 0.5) is 0 Å². The normalized spacial score (nSPS) is 21.4. The first-order chi connectivity index (χ1) is 37.0. The van der Waals surface area contributed by atoms with Crippen molar-refractivity contribution in [2.24, 2.45) is 0 Å². The number of ether oxygens (including phenoxy) is 12. The minimum atomic E-state index is -5.42. The Labute approximate surface area is 450 Å².